The predicted octanol–water partition coefficient (Wildman–Crippen LogP) is 0.951. The zero-order chi connectivity index (χ0) is 26.1. The minimum Gasteiger partial charge on any atom is -0.493 e. The molecule has 38 heavy (non-hydrogen) atoms. The summed E-state index contributed by atoms with van der Waals surface area (Å²) in [5.41, 5.74) is 1.49. The van der Waals surface area contributed by atoms with Crippen LogP contribution in [0.25, 0.3) is 11.7 Å². The van der Waals surface area contributed by atoms with Crippen molar-refractivity contribution < 1.29 is 19.2 Å². The minimum absolute atomic E-state index is 0.230. The molecular formula is C25H26ClN8O4+. The van der Waals surface area contributed by atoms with Gasteiger partial charge in [-0.1, -0.05) is 17.7 Å². The number of fused-ring (bicyclic) bond motifs is 1. The maximum Gasteiger partial charge on any atom is 0.326 e. The van der Waals surface area contributed by atoms with Crippen molar-refractivity contribution in [2.24, 2.45) is 4.99 Å². The first-order chi connectivity index (χ1) is 18.5. The summed E-state index contributed by atoms with van der Waals surface area (Å²) < 4.78 is 15.1. The monoisotopic (exact) mass is 537 g/mol. The molecule has 2 aliphatic rings. The van der Waals surface area contributed by atoms with Crippen LogP contribution in [0.2, 0.25) is 5.02 Å². The van der Waals surface area contributed by atoms with Gasteiger partial charge in [0.25, 0.3) is 0 Å². The molecular weight excluding hydrogens is 512 g/mol. The maximum absolute atomic E-state index is 11.6. The van der Waals surface area contributed by atoms with Crippen molar-refractivity contribution in [3.05, 3.63) is 62.4 Å². The molecule has 0 bridgehead atoms. The molecule has 0 unspecified atom stereocenters. The van der Waals surface area contributed by atoms with Crippen LogP contribution in [0.5, 0.6) is 11.6 Å². The molecule has 4 aromatic rings. The molecule has 12 nitrogen and oxygen atoms in total. The number of hydrogen-bond acceptors (Lipinski definition) is 8. The normalized spacial score (nSPS) is 16.7. The molecule has 0 spiro atoms. The molecule has 1 aliphatic carbocycles. The van der Waals surface area contributed by atoms with E-state index in [-0.39, 0.29) is 17.6 Å². The number of aromatic amines is 2. The highest BCUT2D eigenvalue weighted by Gasteiger charge is 2.20. The molecule has 3 aromatic heterocycles. The maximum atomic E-state index is 11.6. The highest BCUT2D eigenvalue weighted by atomic mass is 35.5. The Balaban J connectivity index is 1.31. The Bertz CT molecular complexity index is 1700. The van der Waals surface area contributed by atoms with Gasteiger partial charge in [0.15, 0.2) is 30.4 Å². The van der Waals surface area contributed by atoms with E-state index in [0.29, 0.717) is 58.5 Å². The summed E-state index contributed by atoms with van der Waals surface area (Å²) in [4.78, 5) is 25.9. The largest absolute Gasteiger partial charge is 0.493 e. The van der Waals surface area contributed by atoms with Crippen molar-refractivity contribution in [3.8, 4) is 11.6 Å². The minimum atomic E-state index is -0.509. The number of rotatable bonds is 8. The second-order valence-corrected chi connectivity index (χ2v) is 9.44. The molecule has 1 saturated carbocycles. The number of nitrogens with one attached hydrogen (secondary N) is 3. The van der Waals surface area contributed by atoms with E-state index < -0.39 is 5.69 Å². The van der Waals surface area contributed by atoms with Gasteiger partial charge in [-0.15, -0.1) is 0 Å². The summed E-state index contributed by atoms with van der Waals surface area (Å²) in [6, 6.07) is 7.60. The van der Waals surface area contributed by atoms with Crippen LogP contribution < -0.4 is 26.4 Å². The van der Waals surface area contributed by atoms with Crippen molar-refractivity contribution in [3.63, 3.8) is 0 Å². The third kappa shape index (κ3) is 5.27. The number of aromatic hydroxyl groups is 1. The van der Waals surface area contributed by atoms with Crippen molar-refractivity contribution >= 4 is 41.0 Å². The molecule has 13 heteroatoms. The van der Waals surface area contributed by atoms with Gasteiger partial charge in [-0.25, -0.2) is 14.4 Å². The van der Waals surface area contributed by atoms with Gasteiger partial charge in [-0.3, -0.25) is 9.98 Å². The van der Waals surface area contributed by atoms with Crippen molar-refractivity contribution in [1.29, 1.82) is 0 Å². The van der Waals surface area contributed by atoms with Gasteiger partial charge in [0.05, 0.1) is 17.9 Å². The topological polar surface area (TPSA) is 145 Å². The van der Waals surface area contributed by atoms with E-state index in [1.807, 2.05) is 30.5 Å². The van der Waals surface area contributed by atoms with E-state index in [2.05, 4.69) is 25.0 Å². The van der Waals surface area contributed by atoms with E-state index in [4.69, 9.17) is 31.1 Å². The second-order valence-electron chi connectivity index (χ2n) is 9.07. The molecule has 4 heterocycles. The molecule has 4 N–H and O–H groups in total. The van der Waals surface area contributed by atoms with Crippen molar-refractivity contribution in [2.75, 3.05) is 38.2 Å². The van der Waals surface area contributed by atoms with Crippen LogP contribution in [0.1, 0.15) is 18.5 Å². The van der Waals surface area contributed by atoms with Gasteiger partial charge < -0.3 is 24.9 Å². The van der Waals surface area contributed by atoms with Crippen molar-refractivity contribution in [1.82, 2.24) is 24.6 Å². The van der Waals surface area contributed by atoms with Crippen LogP contribution in [0.4, 0.5) is 11.5 Å². The summed E-state index contributed by atoms with van der Waals surface area (Å²) in [7, 11) is 0. The Morgan fingerprint density at radius 1 is 1.37 bits per heavy atom. The van der Waals surface area contributed by atoms with Gasteiger partial charge in [0, 0.05) is 11.3 Å². The SMILES string of the molecule is O=c1[nH]c(O)c(C=c2cnn3c(=NC4CC4)cc(Nc4cccc(OCC[N+]5=CCOCC5)c4Cl)nc23)[nH]1. The Hall–Kier alpha value is -4.16. The number of ether oxygens (including phenoxy) is 2. The first kappa shape index (κ1) is 24.2. The third-order valence-corrected chi connectivity index (χ3v) is 6.60. The number of aromatic nitrogens is 5. The summed E-state index contributed by atoms with van der Waals surface area (Å²) in [6.45, 7) is 3.40. The lowest BCUT2D eigenvalue weighted by molar-refractivity contribution is -0.535. The molecule has 1 aromatic carbocycles. The number of H-pyrrole nitrogens is 2. The van der Waals surface area contributed by atoms with Gasteiger partial charge in [0.1, 0.15) is 42.1 Å². The fraction of sp³-hybridized carbons (Fsp3) is 0.320. The zero-order valence-electron chi connectivity index (χ0n) is 20.4. The van der Waals surface area contributed by atoms with E-state index in [1.54, 1.807) is 16.8 Å². The first-order valence-electron chi connectivity index (χ1n) is 12.3. The van der Waals surface area contributed by atoms with Crippen LogP contribution in [-0.2, 0) is 4.74 Å². The number of benzene rings is 1. The van der Waals surface area contributed by atoms with Gasteiger partial charge >= 0.3 is 5.69 Å². The van der Waals surface area contributed by atoms with Crippen LogP contribution in [-0.4, -0.2) is 79.4 Å². The number of nitrogens with zero attached hydrogens (tertiary/aromatic N) is 5. The van der Waals surface area contributed by atoms with Gasteiger partial charge in [-0.2, -0.15) is 9.61 Å². The molecule has 196 valence electrons. The lowest BCUT2D eigenvalue weighted by atomic mass is 10.3. The first-order valence-corrected chi connectivity index (χ1v) is 12.7. The average Bonchev–Trinajstić information content (AvgIpc) is 3.55. The van der Waals surface area contributed by atoms with E-state index in [0.717, 1.165) is 25.9 Å². The highest BCUT2D eigenvalue weighted by molar-refractivity contribution is 6.34. The fourth-order valence-electron chi connectivity index (χ4n) is 4.11. The predicted molar refractivity (Wildman–Crippen MR) is 141 cm³/mol. The van der Waals surface area contributed by atoms with Crippen LogP contribution in [0, 0.1) is 0 Å². The molecule has 6 rings (SSSR count). The molecule has 0 atom stereocenters. The van der Waals surface area contributed by atoms with E-state index in [1.165, 1.54) is 0 Å². The molecule has 0 amide bonds. The van der Waals surface area contributed by atoms with Crippen LogP contribution >= 0.6 is 11.6 Å². The standard InChI is InChI=1S/C25H25ClN8O4/c26-22-17(2-1-3-19(22)38-11-8-33-6-9-37-10-7-33)29-20-13-21(28-16-4-5-16)34-23(31-20)15(14-27-34)12-18-24(35)32-25(36)30-18/h1-3,6,12-14,16H,4-5,7-11H2,(H3-,27,28,29,30,31,32,35,36)/p+1. The summed E-state index contributed by atoms with van der Waals surface area (Å²) in [6.07, 6.45) is 7.28. The molecule has 1 aliphatic heterocycles. The smallest absolute Gasteiger partial charge is 0.326 e. The number of halogens is 1. The van der Waals surface area contributed by atoms with Gasteiger partial charge in [0.2, 0.25) is 5.88 Å². The summed E-state index contributed by atoms with van der Waals surface area (Å²) >= 11 is 6.70. The van der Waals surface area contributed by atoms with Crippen LogP contribution in [0.3, 0.4) is 0 Å². The highest BCUT2D eigenvalue weighted by Crippen LogP contribution is 2.33. The zero-order valence-corrected chi connectivity index (χ0v) is 21.1. The average molecular weight is 538 g/mol. The lowest BCUT2D eigenvalue weighted by Gasteiger charge is -2.13. The van der Waals surface area contributed by atoms with E-state index >= 15 is 0 Å². The Labute approximate surface area is 220 Å². The summed E-state index contributed by atoms with van der Waals surface area (Å²) in [5.74, 6) is 0.821. The molecule has 0 radical (unpaired) electrons. The number of hydrogen-bond donors (Lipinski definition) is 4. The number of anilines is 2. The van der Waals surface area contributed by atoms with Crippen LogP contribution in [0.15, 0.2) is 40.2 Å². The Morgan fingerprint density at radius 2 is 2.26 bits per heavy atom. The Morgan fingerprint density at radius 3 is 3.03 bits per heavy atom. The fourth-order valence-corrected chi connectivity index (χ4v) is 4.34. The van der Waals surface area contributed by atoms with Crippen molar-refractivity contribution in [2.45, 2.75) is 18.9 Å². The molecule has 0 saturated heterocycles. The number of imidazole rings is 1. The third-order valence-electron chi connectivity index (χ3n) is 6.21. The van der Waals surface area contributed by atoms with E-state index in [9.17, 15) is 9.90 Å². The van der Waals surface area contributed by atoms with Gasteiger partial charge in [-0.05, 0) is 31.1 Å². The lowest BCUT2D eigenvalue weighted by Crippen LogP contribution is -2.29. The summed E-state index contributed by atoms with van der Waals surface area (Å²) in [5, 5.41) is 18.8. The second kappa shape index (κ2) is 10.3. The quantitative estimate of drug-likeness (QED) is 0.245. The Kier molecular flexibility index (Phi) is 6.56. The molecule has 1 fully saturated rings.